The van der Waals surface area contributed by atoms with Crippen molar-refractivity contribution >= 4 is 15.9 Å². The second-order valence-corrected chi connectivity index (χ2v) is 5.26. The molecule has 2 rings (SSSR count). The van der Waals surface area contributed by atoms with Gasteiger partial charge in [-0.25, -0.2) is 9.82 Å². The Bertz CT molecular complexity index is 619. The van der Waals surface area contributed by atoms with Gasteiger partial charge in [-0.2, -0.15) is 0 Å². The van der Waals surface area contributed by atoms with Gasteiger partial charge in [0.05, 0.1) is 13.2 Å². The van der Waals surface area contributed by atoms with Crippen LogP contribution in [0, 0.1) is 12.7 Å². The van der Waals surface area contributed by atoms with Gasteiger partial charge in [-0.15, -0.1) is 0 Å². The zero-order chi connectivity index (χ0) is 14.7. The van der Waals surface area contributed by atoms with Crippen LogP contribution in [0.1, 0.15) is 22.7 Å². The molecule has 0 aromatic heterocycles. The van der Waals surface area contributed by atoms with Crippen molar-refractivity contribution in [3.63, 3.8) is 0 Å². The van der Waals surface area contributed by atoms with Gasteiger partial charge in [0.1, 0.15) is 11.6 Å². The van der Waals surface area contributed by atoms with Gasteiger partial charge in [0, 0.05) is 16.1 Å². The number of hydrazine groups is 1. The van der Waals surface area contributed by atoms with Crippen LogP contribution in [0.25, 0.3) is 0 Å². The third kappa shape index (κ3) is 2.85. The predicted molar refractivity (Wildman–Crippen MR) is 81.0 cm³/mol. The summed E-state index contributed by atoms with van der Waals surface area (Å²) >= 11 is 3.53. The van der Waals surface area contributed by atoms with Gasteiger partial charge in [0.25, 0.3) is 0 Å². The average molecular weight is 339 g/mol. The van der Waals surface area contributed by atoms with Gasteiger partial charge in [0.2, 0.25) is 0 Å². The van der Waals surface area contributed by atoms with E-state index in [0.717, 1.165) is 15.6 Å². The normalized spacial score (nSPS) is 12.2. The summed E-state index contributed by atoms with van der Waals surface area (Å²) in [6.07, 6.45) is 0. The maximum atomic E-state index is 14.2. The van der Waals surface area contributed by atoms with Crippen LogP contribution < -0.4 is 16.0 Å². The molecule has 1 atom stereocenters. The molecule has 3 N–H and O–H groups in total. The molecule has 1 unspecified atom stereocenters. The van der Waals surface area contributed by atoms with Crippen molar-refractivity contribution in [2.75, 3.05) is 7.11 Å². The Morgan fingerprint density at radius 1 is 1.25 bits per heavy atom. The van der Waals surface area contributed by atoms with Gasteiger partial charge in [-0.05, 0) is 24.1 Å². The van der Waals surface area contributed by atoms with Crippen molar-refractivity contribution in [3.8, 4) is 5.75 Å². The molecule has 3 nitrogen and oxygen atoms in total. The molecule has 0 amide bonds. The van der Waals surface area contributed by atoms with E-state index in [2.05, 4.69) is 21.4 Å². The largest absolute Gasteiger partial charge is 0.497 e. The summed E-state index contributed by atoms with van der Waals surface area (Å²) in [6.45, 7) is 1.98. The minimum Gasteiger partial charge on any atom is -0.497 e. The van der Waals surface area contributed by atoms with E-state index < -0.39 is 6.04 Å². The van der Waals surface area contributed by atoms with E-state index >= 15 is 0 Å². The van der Waals surface area contributed by atoms with Crippen molar-refractivity contribution in [1.82, 2.24) is 5.43 Å². The monoisotopic (exact) mass is 338 g/mol. The highest BCUT2D eigenvalue weighted by Crippen LogP contribution is 2.32. The number of nitrogens with two attached hydrogens (primary N) is 1. The van der Waals surface area contributed by atoms with Crippen molar-refractivity contribution in [3.05, 3.63) is 63.4 Å². The molecule has 0 saturated heterocycles. The molecule has 0 aliphatic heterocycles. The Morgan fingerprint density at radius 2 is 2.00 bits per heavy atom. The van der Waals surface area contributed by atoms with E-state index in [1.807, 2.05) is 25.1 Å². The van der Waals surface area contributed by atoms with E-state index in [0.29, 0.717) is 11.3 Å². The Kier molecular flexibility index (Phi) is 4.75. The molecule has 0 heterocycles. The maximum absolute atomic E-state index is 14.2. The Labute approximate surface area is 126 Å². The number of hydrogen-bond acceptors (Lipinski definition) is 3. The first-order valence-corrected chi connectivity index (χ1v) is 6.92. The molecule has 0 aliphatic carbocycles. The summed E-state index contributed by atoms with van der Waals surface area (Å²) in [5, 5.41) is 0. The van der Waals surface area contributed by atoms with Crippen LogP contribution in [-0.2, 0) is 0 Å². The highest BCUT2D eigenvalue weighted by atomic mass is 79.9. The summed E-state index contributed by atoms with van der Waals surface area (Å²) in [6, 6.07) is 10.1. The molecule has 0 bridgehead atoms. The van der Waals surface area contributed by atoms with Crippen molar-refractivity contribution in [1.29, 1.82) is 0 Å². The molecule has 0 fully saturated rings. The second-order valence-electron chi connectivity index (χ2n) is 4.47. The molecule has 5 heteroatoms. The molecule has 0 aliphatic rings. The van der Waals surface area contributed by atoms with Crippen LogP contribution in [0.2, 0.25) is 0 Å². The smallest absolute Gasteiger partial charge is 0.132 e. The van der Waals surface area contributed by atoms with E-state index in [4.69, 9.17) is 10.6 Å². The first-order chi connectivity index (χ1) is 9.58. The maximum Gasteiger partial charge on any atom is 0.132 e. The van der Waals surface area contributed by atoms with Crippen LogP contribution in [-0.4, -0.2) is 7.11 Å². The lowest BCUT2D eigenvalue weighted by Gasteiger charge is -2.20. The molecule has 20 heavy (non-hydrogen) atoms. The van der Waals surface area contributed by atoms with E-state index in [9.17, 15) is 4.39 Å². The van der Waals surface area contributed by atoms with Crippen LogP contribution in [0.4, 0.5) is 4.39 Å². The first kappa shape index (κ1) is 15.0. The summed E-state index contributed by atoms with van der Waals surface area (Å²) in [7, 11) is 1.50. The second kappa shape index (κ2) is 6.35. The fraction of sp³-hybridized carbons (Fsp3) is 0.200. The predicted octanol–water partition coefficient (Wildman–Crippen LogP) is 3.46. The minimum atomic E-state index is -0.435. The fourth-order valence-corrected chi connectivity index (χ4v) is 2.60. The Balaban J connectivity index is 2.50. The van der Waals surface area contributed by atoms with Gasteiger partial charge in [-0.3, -0.25) is 5.84 Å². The molecule has 0 saturated carbocycles. The summed E-state index contributed by atoms with van der Waals surface area (Å²) in [5.74, 6) is 5.74. The lowest BCUT2D eigenvalue weighted by molar-refractivity contribution is 0.410. The van der Waals surface area contributed by atoms with Crippen molar-refractivity contribution < 1.29 is 9.13 Å². The molecule has 0 radical (unpaired) electrons. The lowest BCUT2D eigenvalue weighted by Crippen LogP contribution is -2.30. The molecule has 2 aromatic carbocycles. The van der Waals surface area contributed by atoms with Gasteiger partial charge in [0.15, 0.2) is 0 Å². The van der Waals surface area contributed by atoms with E-state index in [-0.39, 0.29) is 5.82 Å². The van der Waals surface area contributed by atoms with E-state index in [1.54, 1.807) is 12.1 Å². The molecule has 2 aromatic rings. The number of methoxy groups -OCH3 is 1. The quantitative estimate of drug-likeness (QED) is 0.663. The highest BCUT2D eigenvalue weighted by molar-refractivity contribution is 9.10. The number of rotatable bonds is 4. The van der Waals surface area contributed by atoms with Crippen LogP contribution >= 0.6 is 15.9 Å². The summed E-state index contributed by atoms with van der Waals surface area (Å²) in [5.41, 5.74) is 5.09. The van der Waals surface area contributed by atoms with Gasteiger partial charge < -0.3 is 4.74 Å². The lowest BCUT2D eigenvalue weighted by atomic mass is 9.97. The Hall–Kier alpha value is -1.43. The fourth-order valence-electron chi connectivity index (χ4n) is 2.11. The zero-order valence-corrected chi connectivity index (χ0v) is 12.9. The summed E-state index contributed by atoms with van der Waals surface area (Å²) in [4.78, 5) is 0. The van der Waals surface area contributed by atoms with Gasteiger partial charge >= 0.3 is 0 Å². The minimum absolute atomic E-state index is 0.360. The zero-order valence-electron chi connectivity index (χ0n) is 11.3. The van der Waals surface area contributed by atoms with Crippen molar-refractivity contribution in [2.45, 2.75) is 13.0 Å². The number of halogens is 2. The van der Waals surface area contributed by atoms with Crippen LogP contribution in [0.5, 0.6) is 5.75 Å². The van der Waals surface area contributed by atoms with E-state index in [1.165, 1.54) is 13.2 Å². The van der Waals surface area contributed by atoms with Crippen LogP contribution in [0.15, 0.2) is 40.9 Å². The molecule has 0 spiro atoms. The number of aryl methyl sites for hydroxylation is 1. The third-order valence-corrected chi connectivity index (χ3v) is 4.30. The molecule has 106 valence electrons. The Morgan fingerprint density at radius 3 is 2.60 bits per heavy atom. The number of benzene rings is 2. The topological polar surface area (TPSA) is 47.3 Å². The standard InChI is InChI=1S/C15H16BrFN2O/c1-9-4-3-5-12(14(9)16)15(19-18)11-7-6-10(20-2)8-13(11)17/h3-8,15,19H,18H2,1-2H3. The van der Waals surface area contributed by atoms with Crippen molar-refractivity contribution in [2.24, 2.45) is 5.84 Å². The number of nitrogens with one attached hydrogen (secondary N) is 1. The number of hydrogen-bond donors (Lipinski definition) is 2. The van der Waals surface area contributed by atoms with Crippen LogP contribution in [0.3, 0.4) is 0 Å². The third-order valence-electron chi connectivity index (χ3n) is 3.22. The number of ether oxygens (including phenoxy) is 1. The summed E-state index contributed by atoms with van der Waals surface area (Å²) < 4.78 is 20.1. The molecular weight excluding hydrogens is 323 g/mol. The van der Waals surface area contributed by atoms with Gasteiger partial charge in [-0.1, -0.05) is 40.2 Å². The first-order valence-electron chi connectivity index (χ1n) is 6.13. The highest BCUT2D eigenvalue weighted by Gasteiger charge is 2.20. The molecular formula is C15H16BrFN2O. The average Bonchev–Trinajstić information content (AvgIpc) is 2.45. The SMILES string of the molecule is COc1ccc(C(NN)c2cccc(C)c2Br)c(F)c1.